The molecule has 6 nitrogen and oxygen atoms in total. The van der Waals surface area contributed by atoms with Crippen molar-refractivity contribution in [2.75, 3.05) is 23.3 Å². The fraction of sp³-hybridized carbons (Fsp3) is 0.0870. The van der Waals surface area contributed by atoms with E-state index >= 15 is 0 Å². The summed E-state index contributed by atoms with van der Waals surface area (Å²) < 4.78 is 16.2. The van der Waals surface area contributed by atoms with Gasteiger partial charge >= 0.3 is 0 Å². The minimum atomic E-state index is -0.435. The molecule has 1 aromatic heterocycles. The number of allylic oxidation sites excluding steroid dienone is 1. The maximum atomic E-state index is 14.9. The van der Waals surface area contributed by atoms with Crippen LogP contribution in [0.4, 0.5) is 15.8 Å². The largest absolute Gasteiger partial charge is 0.364 e. The Morgan fingerprint density at radius 1 is 1.10 bits per heavy atom. The summed E-state index contributed by atoms with van der Waals surface area (Å²) in [7, 11) is 0. The topological polar surface area (TPSA) is 74.0 Å². The van der Waals surface area contributed by atoms with Crippen molar-refractivity contribution < 1.29 is 4.39 Å². The number of hydrogen-bond acceptors (Lipinski definition) is 5. The van der Waals surface area contributed by atoms with Crippen molar-refractivity contribution in [1.82, 2.24) is 9.78 Å². The van der Waals surface area contributed by atoms with Gasteiger partial charge in [0, 0.05) is 42.9 Å². The lowest BCUT2D eigenvalue weighted by Gasteiger charge is -2.18. The molecule has 30 heavy (non-hydrogen) atoms. The van der Waals surface area contributed by atoms with Crippen LogP contribution in [-0.4, -0.2) is 29.1 Å². The molecule has 2 heterocycles. The number of anilines is 2. The summed E-state index contributed by atoms with van der Waals surface area (Å²) in [5.74, 6) is -0.435. The van der Waals surface area contributed by atoms with Crippen molar-refractivity contribution in [2.45, 2.75) is 0 Å². The molecule has 0 saturated carbocycles. The van der Waals surface area contributed by atoms with Gasteiger partial charge < -0.3 is 15.6 Å². The lowest BCUT2D eigenvalue weighted by molar-refractivity contribution is 0.607. The Bertz CT molecular complexity index is 1180. The molecule has 1 aliphatic rings. The Balaban J connectivity index is 1.69. The van der Waals surface area contributed by atoms with Crippen LogP contribution in [0, 0.1) is 11.2 Å². The number of hydrogen-bond donors (Lipinski definition) is 2. The molecule has 2 aromatic carbocycles. The second-order valence-corrected chi connectivity index (χ2v) is 6.72. The third kappa shape index (κ3) is 4.05. The molecule has 0 unspecified atom stereocenters. The lowest BCUT2D eigenvalue weighted by Crippen LogP contribution is -2.20. The van der Waals surface area contributed by atoms with Gasteiger partial charge in [-0.15, -0.1) is 0 Å². The molecule has 1 aliphatic heterocycles. The van der Waals surface area contributed by atoms with Crippen molar-refractivity contribution in [3.8, 4) is 5.69 Å². The zero-order valence-corrected chi connectivity index (χ0v) is 16.1. The standard InChI is InChI=1S/C23H20FN5O/c24-19-16-18(28-13-4-5-14-28)8-9-21(19)29-15-11-22(30)23(27-29)20(10-12-25)26-17-6-2-1-3-7-17/h1-12,15-16,25-26H,13-14H2/b20-10-,25-12?. The molecule has 4 rings (SSSR count). The van der Waals surface area contributed by atoms with E-state index in [4.69, 9.17) is 5.41 Å². The van der Waals surface area contributed by atoms with Crippen LogP contribution in [0.25, 0.3) is 11.4 Å². The van der Waals surface area contributed by atoms with E-state index in [9.17, 15) is 9.18 Å². The van der Waals surface area contributed by atoms with Crippen LogP contribution in [0.3, 0.4) is 0 Å². The SMILES string of the molecule is N=C/C=C(\Nc1ccccc1)c1nn(-c2ccc(N3CC=CC3)cc2F)ccc1=O. The van der Waals surface area contributed by atoms with Crippen molar-refractivity contribution >= 4 is 23.3 Å². The highest BCUT2D eigenvalue weighted by atomic mass is 19.1. The summed E-state index contributed by atoms with van der Waals surface area (Å²) in [6, 6.07) is 15.6. The molecule has 7 heteroatoms. The zero-order valence-electron chi connectivity index (χ0n) is 16.1. The van der Waals surface area contributed by atoms with Crippen LogP contribution in [0.15, 0.2) is 83.8 Å². The average molecular weight is 401 g/mol. The Morgan fingerprint density at radius 2 is 1.87 bits per heavy atom. The van der Waals surface area contributed by atoms with E-state index in [0.717, 1.165) is 30.7 Å². The van der Waals surface area contributed by atoms with E-state index < -0.39 is 5.82 Å². The number of benzene rings is 2. The summed E-state index contributed by atoms with van der Waals surface area (Å²) in [4.78, 5) is 14.5. The molecule has 0 spiro atoms. The van der Waals surface area contributed by atoms with Crippen molar-refractivity contribution in [2.24, 2.45) is 0 Å². The highest BCUT2D eigenvalue weighted by Crippen LogP contribution is 2.23. The van der Waals surface area contributed by atoms with Crippen LogP contribution >= 0.6 is 0 Å². The molecule has 150 valence electrons. The van der Waals surface area contributed by atoms with Gasteiger partial charge in [0.05, 0.1) is 5.70 Å². The first-order chi connectivity index (χ1) is 14.7. The van der Waals surface area contributed by atoms with Gasteiger partial charge in [0.25, 0.3) is 0 Å². The lowest BCUT2D eigenvalue weighted by atomic mass is 10.2. The van der Waals surface area contributed by atoms with Crippen LogP contribution < -0.4 is 15.6 Å². The van der Waals surface area contributed by atoms with Crippen molar-refractivity contribution in [3.63, 3.8) is 0 Å². The molecule has 0 bridgehead atoms. The maximum absolute atomic E-state index is 14.9. The number of nitrogens with one attached hydrogen (secondary N) is 2. The Labute approximate surface area is 173 Å². The number of aromatic nitrogens is 2. The monoisotopic (exact) mass is 401 g/mol. The summed E-state index contributed by atoms with van der Waals surface area (Å²) in [6.07, 6.45) is 8.03. The minimum absolute atomic E-state index is 0.0945. The van der Waals surface area contributed by atoms with E-state index in [2.05, 4.69) is 10.4 Å². The number of para-hydroxylation sites is 1. The second-order valence-electron chi connectivity index (χ2n) is 6.72. The van der Waals surface area contributed by atoms with E-state index in [-0.39, 0.29) is 16.8 Å². The van der Waals surface area contributed by atoms with Crippen molar-refractivity contribution in [3.05, 3.63) is 101 Å². The molecular weight excluding hydrogens is 381 g/mol. The first-order valence-corrected chi connectivity index (χ1v) is 9.49. The van der Waals surface area contributed by atoms with Crippen LogP contribution in [0.5, 0.6) is 0 Å². The average Bonchev–Trinajstić information content (AvgIpc) is 3.30. The van der Waals surface area contributed by atoms with Gasteiger partial charge in [0.2, 0.25) is 5.43 Å². The Morgan fingerprint density at radius 3 is 2.57 bits per heavy atom. The van der Waals surface area contributed by atoms with Gasteiger partial charge in [0.15, 0.2) is 11.5 Å². The summed E-state index contributed by atoms with van der Waals surface area (Å²) in [5, 5.41) is 14.9. The van der Waals surface area contributed by atoms with E-state index in [1.807, 2.05) is 53.5 Å². The summed E-state index contributed by atoms with van der Waals surface area (Å²) in [5.41, 5.74) is 1.89. The molecule has 0 fully saturated rings. The first kappa shape index (κ1) is 19.3. The van der Waals surface area contributed by atoms with Gasteiger partial charge in [-0.2, -0.15) is 5.10 Å². The second kappa shape index (κ2) is 8.57. The van der Waals surface area contributed by atoms with Crippen LogP contribution in [0.2, 0.25) is 0 Å². The Kier molecular flexibility index (Phi) is 5.52. The van der Waals surface area contributed by atoms with Crippen LogP contribution in [-0.2, 0) is 0 Å². The van der Waals surface area contributed by atoms with E-state index in [1.54, 1.807) is 6.07 Å². The maximum Gasteiger partial charge on any atom is 0.209 e. The predicted octanol–water partition coefficient (Wildman–Crippen LogP) is 3.85. The van der Waals surface area contributed by atoms with Crippen LogP contribution in [0.1, 0.15) is 5.69 Å². The molecule has 0 saturated heterocycles. The van der Waals surface area contributed by atoms with Crippen molar-refractivity contribution in [1.29, 1.82) is 5.41 Å². The third-order valence-electron chi connectivity index (χ3n) is 4.73. The summed E-state index contributed by atoms with van der Waals surface area (Å²) >= 11 is 0. The number of rotatable bonds is 6. The molecule has 2 N–H and O–H groups in total. The third-order valence-corrected chi connectivity index (χ3v) is 4.73. The summed E-state index contributed by atoms with van der Waals surface area (Å²) in [6.45, 7) is 1.50. The first-order valence-electron chi connectivity index (χ1n) is 9.49. The van der Waals surface area contributed by atoms with Gasteiger partial charge in [-0.3, -0.25) is 4.79 Å². The Hall–Kier alpha value is -4.00. The number of halogens is 1. The van der Waals surface area contributed by atoms with Gasteiger partial charge in [0.1, 0.15) is 5.69 Å². The predicted molar refractivity (Wildman–Crippen MR) is 118 cm³/mol. The fourth-order valence-corrected chi connectivity index (χ4v) is 3.24. The molecule has 0 radical (unpaired) electrons. The van der Waals surface area contributed by atoms with Gasteiger partial charge in [-0.1, -0.05) is 30.4 Å². The molecule has 0 aliphatic carbocycles. The normalized spacial score (nSPS) is 13.5. The van der Waals surface area contributed by atoms with E-state index in [1.165, 1.54) is 29.1 Å². The van der Waals surface area contributed by atoms with Gasteiger partial charge in [-0.05, 0) is 36.4 Å². The molecule has 0 amide bonds. The smallest absolute Gasteiger partial charge is 0.209 e. The van der Waals surface area contributed by atoms with Gasteiger partial charge in [-0.25, -0.2) is 9.07 Å². The zero-order chi connectivity index (χ0) is 20.9. The molecular formula is C23H20FN5O. The fourth-order valence-electron chi connectivity index (χ4n) is 3.24. The highest BCUT2D eigenvalue weighted by molar-refractivity contribution is 5.86. The molecule has 0 atom stereocenters. The highest BCUT2D eigenvalue weighted by Gasteiger charge is 2.14. The quantitative estimate of drug-likeness (QED) is 0.486. The number of nitrogens with zero attached hydrogens (tertiary/aromatic N) is 3. The minimum Gasteiger partial charge on any atom is -0.364 e. The van der Waals surface area contributed by atoms with E-state index in [0.29, 0.717) is 5.70 Å². The molecule has 3 aromatic rings.